The van der Waals surface area contributed by atoms with E-state index in [1.807, 2.05) is 12.1 Å². The van der Waals surface area contributed by atoms with Gasteiger partial charge < -0.3 is 14.2 Å². The van der Waals surface area contributed by atoms with Crippen molar-refractivity contribution in [1.29, 1.82) is 0 Å². The predicted molar refractivity (Wildman–Crippen MR) is 242 cm³/mol. The zero-order valence-electron chi connectivity index (χ0n) is 31.6. The molecule has 3 heterocycles. The van der Waals surface area contributed by atoms with E-state index in [-0.39, 0.29) is 6.98 Å². The van der Waals surface area contributed by atoms with Gasteiger partial charge in [-0.3, -0.25) is 0 Å². The summed E-state index contributed by atoms with van der Waals surface area (Å²) in [5, 5.41) is 2.45. The molecule has 0 saturated carbocycles. The largest absolute Gasteiger partial charge is 0.420 e. The van der Waals surface area contributed by atoms with Crippen molar-refractivity contribution in [3.63, 3.8) is 0 Å². The molecular formula is C52H36BN5. The van der Waals surface area contributed by atoms with Crippen molar-refractivity contribution >= 4 is 57.0 Å². The Morgan fingerprint density at radius 2 is 0.828 bits per heavy atom. The third-order valence-electron chi connectivity index (χ3n) is 11.2. The highest BCUT2D eigenvalue weighted by Crippen LogP contribution is 2.46. The molecule has 272 valence electrons. The van der Waals surface area contributed by atoms with Crippen LogP contribution in [0.4, 0.5) is 22.7 Å². The Kier molecular flexibility index (Phi) is 8.18. The maximum Gasteiger partial charge on any atom is 0.420 e. The second-order valence-electron chi connectivity index (χ2n) is 14.6. The first-order valence-electron chi connectivity index (χ1n) is 19.7. The predicted octanol–water partition coefficient (Wildman–Crippen LogP) is 12.3. The number of aromatic nitrogens is 3. The molecule has 0 spiro atoms. The smallest absolute Gasteiger partial charge is 0.360 e. The number of anilines is 4. The van der Waals surface area contributed by atoms with E-state index in [9.17, 15) is 0 Å². The van der Waals surface area contributed by atoms with Crippen LogP contribution in [0, 0.1) is 0 Å². The molecule has 11 rings (SSSR count). The monoisotopic (exact) mass is 741 g/mol. The van der Waals surface area contributed by atoms with Gasteiger partial charge in [-0.05, 0) is 84.3 Å². The van der Waals surface area contributed by atoms with Crippen molar-refractivity contribution in [2.75, 3.05) is 9.62 Å². The number of rotatable bonds is 7. The highest BCUT2D eigenvalue weighted by Gasteiger charge is 2.43. The van der Waals surface area contributed by atoms with Crippen LogP contribution in [0.25, 0.3) is 61.4 Å². The molecule has 0 fully saturated rings. The van der Waals surface area contributed by atoms with E-state index < -0.39 is 0 Å². The molecule has 0 unspecified atom stereocenters. The lowest BCUT2D eigenvalue weighted by Crippen LogP contribution is -2.53. The van der Waals surface area contributed by atoms with Crippen molar-refractivity contribution in [2.45, 2.75) is 0 Å². The van der Waals surface area contributed by atoms with Crippen LogP contribution in [-0.4, -0.2) is 21.5 Å². The van der Waals surface area contributed by atoms with Crippen LogP contribution in [0.5, 0.6) is 0 Å². The Balaban J connectivity index is 1.07. The highest BCUT2D eigenvalue weighted by atomic mass is 15.3. The van der Waals surface area contributed by atoms with E-state index in [1.54, 1.807) is 0 Å². The van der Waals surface area contributed by atoms with Gasteiger partial charge in [0.1, 0.15) is 0 Å². The molecule has 58 heavy (non-hydrogen) atoms. The Labute approximate surface area is 337 Å². The number of fused-ring (bicyclic) bond motifs is 4. The van der Waals surface area contributed by atoms with Crippen LogP contribution in [-0.2, 0) is 0 Å². The zero-order chi connectivity index (χ0) is 38.4. The van der Waals surface area contributed by atoms with Gasteiger partial charge in [0, 0.05) is 44.5 Å². The fourth-order valence-corrected chi connectivity index (χ4v) is 8.57. The number of nitrogens with zero attached hydrogens (tertiary/aromatic N) is 5. The van der Waals surface area contributed by atoms with Gasteiger partial charge in [0.05, 0.1) is 33.8 Å². The average Bonchev–Trinajstić information content (AvgIpc) is 3.83. The molecule has 1 aliphatic rings. The lowest BCUT2D eigenvalue weighted by Gasteiger charge is -2.30. The molecule has 0 amide bonds. The third-order valence-corrected chi connectivity index (χ3v) is 11.2. The van der Waals surface area contributed by atoms with Gasteiger partial charge in [-0.15, -0.1) is 0 Å². The van der Waals surface area contributed by atoms with Crippen LogP contribution < -0.4 is 15.1 Å². The summed E-state index contributed by atoms with van der Waals surface area (Å²) in [5.41, 5.74) is 14.1. The van der Waals surface area contributed by atoms with Gasteiger partial charge in [0.25, 0.3) is 0 Å². The highest BCUT2D eigenvalue weighted by molar-refractivity contribution is 6.84. The van der Waals surface area contributed by atoms with Crippen molar-refractivity contribution in [3.05, 3.63) is 218 Å². The van der Waals surface area contributed by atoms with Gasteiger partial charge in [0.2, 0.25) is 0 Å². The van der Waals surface area contributed by atoms with E-state index in [1.165, 1.54) is 27.3 Å². The van der Waals surface area contributed by atoms with E-state index in [0.29, 0.717) is 5.82 Å². The Morgan fingerprint density at radius 3 is 1.43 bits per heavy atom. The molecule has 2 aromatic heterocycles. The van der Waals surface area contributed by atoms with Crippen molar-refractivity contribution in [1.82, 2.24) is 14.5 Å². The maximum atomic E-state index is 5.12. The normalized spacial score (nSPS) is 12.4. The third kappa shape index (κ3) is 5.73. The lowest BCUT2D eigenvalue weighted by atomic mass is 9.64. The maximum absolute atomic E-state index is 5.12. The summed E-state index contributed by atoms with van der Waals surface area (Å²) < 4.78 is 2.38. The number of para-hydroxylation sites is 5. The lowest BCUT2D eigenvalue weighted by molar-refractivity contribution is 1.18. The van der Waals surface area contributed by atoms with Gasteiger partial charge in [-0.1, -0.05) is 140 Å². The summed E-state index contributed by atoms with van der Waals surface area (Å²) in [4.78, 5) is 15.2. The Bertz CT molecular complexity index is 3000. The first-order valence-corrected chi connectivity index (χ1v) is 19.7. The molecular weight excluding hydrogens is 705 g/mol. The average molecular weight is 742 g/mol. The fourth-order valence-electron chi connectivity index (χ4n) is 8.57. The molecule has 0 aliphatic carbocycles. The molecule has 5 nitrogen and oxygen atoms in total. The summed E-state index contributed by atoms with van der Waals surface area (Å²) in [6.07, 6.45) is 0. The molecule has 0 atom stereocenters. The van der Waals surface area contributed by atoms with Crippen LogP contribution in [0.2, 0.25) is 0 Å². The minimum atomic E-state index is -0.170. The summed E-state index contributed by atoms with van der Waals surface area (Å²) >= 11 is 0. The zero-order valence-corrected chi connectivity index (χ0v) is 31.6. The van der Waals surface area contributed by atoms with E-state index >= 15 is 0 Å². The topological polar surface area (TPSA) is 37.2 Å². The van der Waals surface area contributed by atoms with Crippen LogP contribution in [0.15, 0.2) is 218 Å². The Morgan fingerprint density at radius 1 is 0.345 bits per heavy atom. The second kappa shape index (κ2) is 14.1. The summed E-state index contributed by atoms with van der Waals surface area (Å²) in [5.74, 6) is 0.691. The van der Waals surface area contributed by atoms with Crippen LogP contribution in [0.3, 0.4) is 0 Å². The molecule has 8 aromatic carbocycles. The molecule has 6 heteroatoms. The molecule has 10 aromatic rings. The number of hydrogen-bond acceptors (Lipinski definition) is 4. The number of benzene rings is 8. The molecule has 0 radical (unpaired) electrons. The quantitative estimate of drug-likeness (QED) is 0.152. The van der Waals surface area contributed by atoms with Gasteiger partial charge >= 0.3 is 6.98 Å². The second-order valence-corrected chi connectivity index (χ2v) is 14.6. The summed E-state index contributed by atoms with van der Waals surface area (Å²) in [7, 11) is 0. The minimum Gasteiger partial charge on any atom is -0.360 e. The first kappa shape index (κ1) is 33.6. The standard InChI is InChI=1S/C52H36BN5/c1-5-17-37(18-6-1)46-36-47(38-19-7-2-8-20-38)55-52(54-46)39-29-32-43(33-30-39)58-51-28-16-15-27-50(51)57(42-23-11-4-12-24-42)53(58)40-31-34-49-45(35-40)44-25-13-14-26-48(44)56(49)41-21-9-3-10-22-41/h1-36H. The molecule has 0 saturated heterocycles. The van der Waals surface area contributed by atoms with Crippen molar-refractivity contribution in [3.8, 4) is 39.6 Å². The van der Waals surface area contributed by atoms with Crippen LogP contribution >= 0.6 is 0 Å². The summed E-state index contributed by atoms with van der Waals surface area (Å²) in [6, 6.07) is 77.4. The van der Waals surface area contributed by atoms with Crippen molar-refractivity contribution < 1.29 is 0 Å². The van der Waals surface area contributed by atoms with Crippen molar-refractivity contribution in [2.24, 2.45) is 0 Å². The van der Waals surface area contributed by atoms with Crippen LogP contribution in [0.1, 0.15) is 0 Å². The van der Waals surface area contributed by atoms with E-state index in [4.69, 9.17) is 9.97 Å². The minimum absolute atomic E-state index is 0.170. The number of hydrogen-bond donors (Lipinski definition) is 0. The molecule has 1 aliphatic heterocycles. The van der Waals surface area contributed by atoms with E-state index in [0.717, 1.165) is 56.5 Å². The van der Waals surface area contributed by atoms with E-state index in [2.05, 4.69) is 220 Å². The fraction of sp³-hybridized carbons (Fsp3) is 0. The van der Waals surface area contributed by atoms with Gasteiger partial charge in [-0.25, -0.2) is 9.97 Å². The molecule has 0 bridgehead atoms. The SMILES string of the molecule is c1ccc(-c2cc(-c3ccccc3)nc(-c3ccc(N4B(c5ccc6c(c5)c5ccccc5n6-c5ccccc5)N(c5ccccc5)c5ccccc54)cc3)n2)cc1. The summed E-state index contributed by atoms with van der Waals surface area (Å²) in [6.45, 7) is -0.170. The Hall–Kier alpha value is -7.70. The first-order chi connectivity index (χ1) is 28.8. The molecule has 0 N–H and O–H groups in total. The van der Waals surface area contributed by atoms with Gasteiger partial charge in [-0.2, -0.15) is 0 Å². The van der Waals surface area contributed by atoms with Gasteiger partial charge in [0.15, 0.2) is 5.82 Å².